The first-order valence-electron chi connectivity index (χ1n) is 13.4. The third-order valence-electron chi connectivity index (χ3n) is 6.90. The number of ether oxygens (including phenoxy) is 3. The van der Waals surface area contributed by atoms with Gasteiger partial charge in [-0.25, -0.2) is 14.5 Å². The second-order valence-corrected chi connectivity index (χ2v) is 12.0. The predicted molar refractivity (Wildman–Crippen MR) is 171 cm³/mol. The SMILES string of the molecule is COc1cc(OCc2cccc(CC(=O)c3csc(-c4ccccc4Cl)n3)c2)c2cc(-c3cn4nc(OC)sc4n3)oc2c1. The minimum Gasteiger partial charge on any atom is -0.496 e. The van der Waals surface area contributed by atoms with Gasteiger partial charge in [-0.05, 0) is 34.6 Å². The van der Waals surface area contributed by atoms with Crippen LogP contribution in [0.25, 0.3) is 38.0 Å². The fraction of sp³-hybridized carbons (Fsp3) is 0.125. The van der Waals surface area contributed by atoms with Crippen molar-refractivity contribution < 1.29 is 23.4 Å². The molecule has 220 valence electrons. The summed E-state index contributed by atoms with van der Waals surface area (Å²) in [6, 6.07) is 20.8. The molecule has 0 aliphatic rings. The Morgan fingerprint density at radius 3 is 2.68 bits per heavy atom. The number of furan rings is 1. The summed E-state index contributed by atoms with van der Waals surface area (Å²) in [5.74, 6) is 1.72. The highest BCUT2D eigenvalue weighted by Crippen LogP contribution is 2.38. The first kappa shape index (κ1) is 28.1. The molecular weight excluding hydrogens is 620 g/mol. The van der Waals surface area contributed by atoms with Crippen molar-refractivity contribution in [3.63, 3.8) is 0 Å². The van der Waals surface area contributed by atoms with Crippen molar-refractivity contribution in [3.05, 3.63) is 100 Å². The molecule has 0 aliphatic carbocycles. The molecule has 7 aromatic rings. The number of rotatable bonds is 10. The van der Waals surface area contributed by atoms with E-state index in [0.29, 0.717) is 49.4 Å². The third kappa shape index (κ3) is 5.52. The van der Waals surface area contributed by atoms with Gasteiger partial charge in [0.15, 0.2) is 11.5 Å². The van der Waals surface area contributed by atoms with Gasteiger partial charge in [-0.15, -0.1) is 16.4 Å². The Labute approximate surface area is 264 Å². The standard InChI is InChI=1S/C32H23ClN4O5S2/c1-39-20-12-27(22-14-29(42-28(22)13-20)24-15-37-31(35-24)44-32(36-37)40-2)41-16-19-7-5-6-18(10-19)11-26(38)25-17-43-30(34-25)21-8-3-4-9-23(21)33/h3-10,12-15,17H,11,16H2,1-2H3. The van der Waals surface area contributed by atoms with Gasteiger partial charge in [0.2, 0.25) is 4.96 Å². The van der Waals surface area contributed by atoms with Gasteiger partial charge in [0.05, 0.1) is 30.8 Å². The fourth-order valence-electron chi connectivity index (χ4n) is 4.76. The number of imidazole rings is 1. The summed E-state index contributed by atoms with van der Waals surface area (Å²) in [6.45, 7) is 0.280. The van der Waals surface area contributed by atoms with Crippen LogP contribution in [0.2, 0.25) is 5.02 Å². The minimum absolute atomic E-state index is 0.0640. The summed E-state index contributed by atoms with van der Waals surface area (Å²) in [6.07, 6.45) is 2.01. The molecule has 4 aromatic heterocycles. The summed E-state index contributed by atoms with van der Waals surface area (Å²) in [7, 11) is 3.17. The number of carbonyl (C=O) groups excluding carboxylic acids is 1. The van der Waals surface area contributed by atoms with Crippen molar-refractivity contribution in [1.82, 2.24) is 19.6 Å². The normalized spacial score (nSPS) is 11.3. The number of aromatic nitrogens is 4. The Morgan fingerprint density at radius 2 is 1.86 bits per heavy atom. The zero-order valence-corrected chi connectivity index (χ0v) is 25.8. The van der Waals surface area contributed by atoms with E-state index in [-0.39, 0.29) is 18.8 Å². The molecule has 12 heteroatoms. The monoisotopic (exact) mass is 642 g/mol. The van der Waals surface area contributed by atoms with E-state index in [4.69, 9.17) is 30.2 Å². The van der Waals surface area contributed by atoms with E-state index in [0.717, 1.165) is 27.1 Å². The Hall–Kier alpha value is -4.71. The maximum atomic E-state index is 13.1. The van der Waals surface area contributed by atoms with Crippen molar-refractivity contribution in [2.45, 2.75) is 13.0 Å². The van der Waals surface area contributed by atoms with Gasteiger partial charge in [-0.1, -0.05) is 54.1 Å². The molecule has 0 saturated carbocycles. The Kier molecular flexibility index (Phi) is 7.51. The molecule has 0 aliphatic heterocycles. The van der Waals surface area contributed by atoms with Gasteiger partial charge in [0, 0.05) is 29.5 Å². The number of hydrogen-bond donors (Lipinski definition) is 0. The smallest absolute Gasteiger partial charge is 0.294 e. The van der Waals surface area contributed by atoms with Crippen LogP contribution in [-0.2, 0) is 13.0 Å². The van der Waals surface area contributed by atoms with Crippen molar-refractivity contribution in [2.75, 3.05) is 14.2 Å². The molecule has 0 saturated heterocycles. The number of benzene rings is 3. The Bertz CT molecular complexity index is 2120. The van der Waals surface area contributed by atoms with Gasteiger partial charge in [0.1, 0.15) is 40.1 Å². The van der Waals surface area contributed by atoms with Crippen molar-refractivity contribution in [3.8, 4) is 38.7 Å². The lowest BCUT2D eigenvalue weighted by Gasteiger charge is -2.10. The highest BCUT2D eigenvalue weighted by Gasteiger charge is 2.18. The van der Waals surface area contributed by atoms with Crippen molar-refractivity contribution in [1.29, 1.82) is 0 Å². The zero-order chi connectivity index (χ0) is 30.2. The van der Waals surface area contributed by atoms with Crippen LogP contribution >= 0.6 is 34.3 Å². The minimum atomic E-state index is -0.0640. The lowest BCUT2D eigenvalue weighted by atomic mass is 10.0. The molecule has 7 rings (SSSR count). The van der Waals surface area contributed by atoms with Crippen LogP contribution in [0.15, 0.2) is 82.7 Å². The van der Waals surface area contributed by atoms with Crippen LogP contribution in [0.4, 0.5) is 0 Å². The van der Waals surface area contributed by atoms with Gasteiger partial charge < -0.3 is 18.6 Å². The van der Waals surface area contributed by atoms with Crippen LogP contribution in [0.5, 0.6) is 16.7 Å². The number of nitrogens with zero attached hydrogens (tertiary/aromatic N) is 4. The quantitative estimate of drug-likeness (QED) is 0.138. The molecule has 9 nitrogen and oxygen atoms in total. The van der Waals surface area contributed by atoms with Crippen LogP contribution < -0.4 is 14.2 Å². The van der Waals surface area contributed by atoms with Gasteiger partial charge in [-0.3, -0.25) is 4.79 Å². The molecule has 0 N–H and O–H groups in total. The first-order valence-corrected chi connectivity index (χ1v) is 15.5. The predicted octanol–water partition coefficient (Wildman–Crippen LogP) is 8.00. The molecule has 0 fully saturated rings. The van der Waals surface area contributed by atoms with Gasteiger partial charge >= 0.3 is 0 Å². The topological polar surface area (TPSA) is 101 Å². The average Bonchev–Trinajstić information content (AvgIpc) is 3.83. The van der Waals surface area contributed by atoms with E-state index in [2.05, 4.69) is 15.1 Å². The first-order chi connectivity index (χ1) is 21.5. The van der Waals surface area contributed by atoms with Crippen LogP contribution in [0, 0.1) is 0 Å². The van der Waals surface area contributed by atoms with Crippen molar-refractivity contribution in [2.24, 2.45) is 0 Å². The average molecular weight is 643 g/mol. The number of fused-ring (bicyclic) bond motifs is 2. The summed E-state index contributed by atoms with van der Waals surface area (Å²) in [4.78, 5) is 22.9. The summed E-state index contributed by atoms with van der Waals surface area (Å²) < 4.78 is 24.8. The zero-order valence-electron chi connectivity index (χ0n) is 23.4. The van der Waals surface area contributed by atoms with Crippen LogP contribution in [0.3, 0.4) is 0 Å². The molecule has 0 radical (unpaired) electrons. The Morgan fingerprint density at radius 1 is 1.00 bits per heavy atom. The maximum Gasteiger partial charge on any atom is 0.294 e. The molecule has 44 heavy (non-hydrogen) atoms. The Balaban J connectivity index is 1.08. The number of halogens is 1. The summed E-state index contributed by atoms with van der Waals surface area (Å²) >= 11 is 9.06. The summed E-state index contributed by atoms with van der Waals surface area (Å²) in [5, 5.41) is 8.75. The van der Waals surface area contributed by atoms with Crippen LogP contribution in [-0.4, -0.2) is 39.6 Å². The van der Waals surface area contributed by atoms with Crippen molar-refractivity contribution >= 4 is 56.0 Å². The van der Waals surface area contributed by atoms with E-state index >= 15 is 0 Å². The molecule has 3 aromatic carbocycles. The number of hydrogen-bond acceptors (Lipinski definition) is 10. The number of methoxy groups -OCH3 is 2. The number of Topliss-reactive ketones (excluding diaryl/α,β-unsaturated/α-hetero) is 1. The van der Waals surface area contributed by atoms with E-state index < -0.39 is 0 Å². The second kappa shape index (κ2) is 11.8. The van der Waals surface area contributed by atoms with E-state index in [1.165, 1.54) is 22.7 Å². The maximum absolute atomic E-state index is 13.1. The molecule has 0 atom stereocenters. The highest BCUT2D eigenvalue weighted by molar-refractivity contribution is 7.18. The number of thiazole rings is 1. The third-order valence-corrected chi connectivity index (χ3v) is 8.99. The van der Waals surface area contributed by atoms with E-state index in [1.807, 2.05) is 66.7 Å². The van der Waals surface area contributed by atoms with E-state index in [9.17, 15) is 4.79 Å². The lowest BCUT2D eigenvalue weighted by Crippen LogP contribution is -2.05. The molecule has 0 spiro atoms. The highest BCUT2D eigenvalue weighted by atomic mass is 35.5. The lowest BCUT2D eigenvalue weighted by molar-refractivity contribution is 0.0989. The molecule has 0 amide bonds. The molecular formula is C32H23ClN4O5S2. The van der Waals surface area contributed by atoms with Gasteiger partial charge in [0.25, 0.3) is 5.19 Å². The molecule has 0 bridgehead atoms. The van der Waals surface area contributed by atoms with Gasteiger partial charge in [-0.2, -0.15) is 0 Å². The van der Waals surface area contributed by atoms with E-state index in [1.54, 1.807) is 30.3 Å². The second-order valence-electron chi connectivity index (χ2n) is 9.80. The molecule has 4 heterocycles. The van der Waals surface area contributed by atoms with Crippen LogP contribution in [0.1, 0.15) is 21.6 Å². The number of carbonyl (C=O) groups is 1. The summed E-state index contributed by atoms with van der Waals surface area (Å²) in [5.41, 5.74) is 4.28. The largest absolute Gasteiger partial charge is 0.496 e. The molecule has 0 unspecified atom stereocenters. The fourth-order valence-corrected chi connectivity index (χ4v) is 6.60. The number of ketones is 1.